The van der Waals surface area contributed by atoms with Crippen molar-refractivity contribution in [2.75, 3.05) is 12.0 Å². The number of aliphatic hydroxyl groups is 1. The van der Waals surface area contributed by atoms with Gasteiger partial charge in [-0.2, -0.15) is 16.9 Å². The molecule has 1 saturated carbocycles. The molecule has 0 aliphatic heterocycles. The number of rotatable bonds is 7. The Bertz CT molecular complexity index is 431. The van der Waals surface area contributed by atoms with E-state index in [0.29, 0.717) is 19.0 Å². The minimum absolute atomic E-state index is 0.139. The highest BCUT2D eigenvalue weighted by molar-refractivity contribution is 7.98. The van der Waals surface area contributed by atoms with E-state index in [1.165, 1.54) is 0 Å². The third kappa shape index (κ3) is 3.98. The molecular weight excluding hydrogens is 262 g/mol. The number of hydrogen-bond donors (Lipinski definition) is 1. The van der Waals surface area contributed by atoms with Gasteiger partial charge in [0.2, 0.25) is 0 Å². The largest absolute Gasteiger partial charge is 0.383 e. The minimum atomic E-state index is -0.871. The van der Waals surface area contributed by atoms with Crippen molar-refractivity contribution < 1.29 is 9.90 Å². The molecule has 5 nitrogen and oxygen atoms in total. The second-order valence-corrected chi connectivity index (χ2v) is 6.00. The second kappa shape index (κ2) is 6.43. The summed E-state index contributed by atoms with van der Waals surface area (Å²) in [7, 11) is 1.86. The number of carbonyl (C=O) groups excluding carboxylic acids is 1. The van der Waals surface area contributed by atoms with Crippen molar-refractivity contribution in [1.82, 2.24) is 14.7 Å². The van der Waals surface area contributed by atoms with Gasteiger partial charge in [0.15, 0.2) is 0 Å². The van der Waals surface area contributed by atoms with E-state index in [1.54, 1.807) is 22.6 Å². The molecule has 2 rings (SSSR count). The van der Waals surface area contributed by atoms with Crippen molar-refractivity contribution in [3.05, 3.63) is 18.0 Å². The molecule has 1 atom stereocenters. The van der Waals surface area contributed by atoms with Crippen molar-refractivity contribution in [3.63, 3.8) is 0 Å². The predicted molar refractivity (Wildman–Crippen MR) is 75.8 cm³/mol. The van der Waals surface area contributed by atoms with E-state index >= 15 is 0 Å². The lowest BCUT2D eigenvalue weighted by Gasteiger charge is -2.24. The van der Waals surface area contributed by atoms with E-state index in [1.807, 2.05) is 24.4 Å². The molecule has 0 aromatic carbocycles. The van der Waals surface area contributed by atoms with Gasteiger partial charge in [-0.1, -0.05) is 0 Å². The number of aliphatic hydroxyl groups excluding tert-OH is 1. The van der Waals surface area contributed by atoms with Crippen molar-refractivity contribution in [1.29, 1.82) is 0 Å². The summed E-state index contributed by atoms with van der Waals surface area (Å²) in [5.41, 5.74) is 1.01. The molecule has 19 heavy (non-hydrogen) atoms. The van der Waals surface area contributed by atoms with Crippen molar-refractivity contribution in [2.45, 2.75) is 38.0 Å². The molecule has 1 N–H and O–H groups in total. The molecule has 1 aromatic rings. The molecule has 1 aromatic heterocycles. The molecule has 1 aliphatic rings. The first kappa shape index (κ1) is 14.4. The van der Waals surface area contributed by atoms with Gasteiger partial charge in [-0.3, -0.25) is 9.48 Å². The van der Waals surface area contributed by atoms with Crippen LogP contribution in [0.3, 0.4) is 0 Å². The summed E-state index contributed by atoms with van der Waals surface area (Å²) in [6.07, 6.45) is 7.41. The number of carbonyl (C=O) groups is 1. The Kier molecular flexibility index (Phi) is 4.87. The average molecular weight is 283 g/mol. The molecule has 0 unspecified atom stereocenters. The summed E-state index contributed by atoms with van der Waals surface area (Å²) >= 11 is 1.65. The first-order chi connectivity index (χ1) is 9.11. The van der Waals surface area contributed by atoms with Crippen LogP contribution in [0.15, 0.2) is 12.4 Å². The topological polar surface area (TPSA) is 58.4 Å². The first-order valence-electron chi connectivity index (χ1n) is 6.57. The number of nitrogens with zero attached hydrogens (tertiary/aromatic N) is 3. The Morgan fingerprint density at radius 3 is 2.95 bits per heavy atom. The van der Waals surface area contributed by atoms with Gasteiger partial charge in [0.1, 0.15) is 6.10 Å². The Morgan fingerprint density at radius 1 is 1.68 bits per heavy atom. The quantitative estimate of drug-likeness (QED) is 0.812. The van der Waals surface area contributed by atoms with E-state index in [9.17, 15) is 9.90 Å². The summed E-state index contributed by atoms with van der Waals surface area (Å²) in [6, 6.07) is 0.302. The fraction of sp³-hybridized carbons (Fsp3) is 0.692. The van der Waals surface area contributed by atoms with Gasteiger partial charge in [0.05, 0.1) is 6.20 Å². The summed E-state index contributed by atoms with van der Waals surface area (Å²) in [5, 5.41) is 14.1. The van der Waals surface area contributed by atoms with Gasteiger partial charge < -0.3 is 10.0 Å². The van der Waals surface area contributed by atoms with Crippen LogP contribution in [0.4, 0.5) is 0 Å². The zero-order valence-corrected chi connectivity index (χ0v) is 12.3. The molecule has 1 heterocycles. The van der Waals surface area contributed by atoms with Crippen LogP contribution >= 0.6 is 11.8 Å². The Labute approximate surface area is 118 Å². The summed E-state index contributed by atoms with van der Waals surface area (Å²) in [5.74, 6) is 0.665. The fourth-order valence-corrected chi connectivity index (χ4v) is 2.53. The molecule has 0 saturated heterocycles. The van der Waals surface area contributed by atoms with E-state index in [4.69, 9.17) is 0 Å². The SMILES string of the molecule is CSCC[C@H](O)C(=O)N(Cc1cnn(C)c1)C1CC1. The highest BCUT2D eigenvalue weighted by atomic mass is 32.2. The molecule has 106 valence electrons. The zero-order chi connectivity index (χ0) is 13.8. The monoisotopic (exact) mass is 283 g/mol. The normalized spacial score (nSPS) is 16.4. The standard InChI is InChI=1S/C13H21N3O2S/c1-15-8-10(7-14-15)9-16(11-3-4-11)13(18)12(17)5-6-19-2/h7-8,11-12,17H,3-6,9H2,1-2H3/t12-/m0/s1. The second-order valence-electron chi connectivity index (χ2n) is 5.02. The van der Waals surface area contributed by atoms with Gasteiger partial charge in [0, 0.05) is 31.4 Å². The molecule has 0 spiro atoms. The van der Waals surface area contributed by atoms with Gasteiger partial charge in [-0.25, -0.2) is 0 Å². The molecular formula is C13H21N3O2S. The molecule has 1 aliphatic carbocycles. The molecule has 0 bridgehead atoms. The highest BCUT2D eigenvalue weighted by Crippen LogP contribution is 2.29. The maximum absolute atomic E-state index is 12.3. The lowest BCUT2D eigenvalue weighted by molar-refractivity contribution is -0.141. The van der Waals surface area contributed by atoms with E-state index in [2.05, 4.69) is 5.10 Å². The lowest BCUT2D eigenvalue weighted by atomic mass is 10.2. The van der Waals surface area contributed by atoms with Gasteiger partial charge >= 0.3 is 0 Å². The van der Waals surface area contributed by atoms with Crippen LogP contribution in [0.25, 0.3) is 0 Å². The average Bonchev–Trinajstić information content (AvgIpc) is 3.15. The van der Waals surface area contributed by atoms with E-state index < -0.39 is 6.10 Å². The molecule has 0 radical (unpaired) electrons. The fourth-order valence-electron chi connectivity index (χ4n) is 2.07. The molecule has 1 fully saturated rings. The summed E-state index contributed by atoms with van der Waals surface area (Å²) in [6.45, 7) is 0.549. The number of aromatic nitrogens is 2. The first-order valence-corrected chi connectivity index (χ1v) is 7.96. The number of hydrogen-bond acceptors (Lipinski definition) is 4. The Balaban J connectivity index is 1.97. The van der Waals surface area contributed by atoms with Crippen molar-refractivity contribution in [2.24, 2.45) is 7.05 Å². The van der Waals surface area contributed by atoms with Crippen LogP contribution in [0.1, 0.15) is 24.8 Å². The molecule has 6 heteroatoms. The third-order valence-electron chi connectivity index (χ3n) is 3.26. The maximum Gasteiger partial charge on any atom is 0.251 e. The van der Waals surface area contributed by atoms with Gasteiger partial charge in [-0.15, -0.1) is 0 Å². The zero-order valence-electron chi connectivity index (χ0n) is 11.5. The van der Waals surface area contributed by atoms with E-state index in [0.717, 1.165) is 24.2 Å². The third-order valence-corrected chi connectivity index (χ3v) is 3.91. The van der Waals surface area contributed by atoms with Crippen LogP contribution in [0.5, 0.6) is 0 Å². The smallest absolute Gasteiger partial charge is 0.251 e. The number of thioether (sulfide) groups is 1. The Hall–Kier alpha value is -1.01. The van der Waals surface area contributed by atoms with Crippen LogP contribution in [0.2, 0.25) is 0 Å². The summed E-state index contributed by atoms with van der Waals surface area (Å²) in [4.78, 5) is 14.1. The Morgan fingerprint density at radius 2 is 2.42 bits per heavy atom. The van der Waals surface area contributed by atoms with Gasteiger partial charge in [-0.05, 0) is 31.3 Å². The van der Waals surface area contributed by atoms with Crippen molar-refractivity contribution in [3.8, 4) is 0 Å². The van der Waals surface area contributed by atoms with Crippen LogP contribution in [-0.2, 0) is 18.4 Å². The highest BCUT2D eigenvalue weighted by Gasteiger charge is 2.35. The number of aryl methyl sites for hydroxylation is 1. The van der Waals surface area contributed by atoms with E-state index in [-0.39, 0.29) is 5.91 Å². The lowest BCUT2D eigenvalue weighted by Crippen LogP contribution is -2.40. The van der Waals surface area contributed by atoms with Crippen LogP contribution in [-0.4, -0.2) is 49.8 Å². The number of amides is 1. The predicted octanol–water partition coefficient (Wildman–Crippen LogP) is 1.03. The maximum atomic E-state index is 12.3. The minimum Gasteiger partial charge on any atom is -0.383 e. The molecule has 1 amide bonds. The van der Waals surface area contributed by atoms with Crippen LogP contribution in [0, 0.1) is 0 Å². The van der Waals surface area contributed by atoms with Gasteiger partial charge in [0.25, 0.3) is 5.91 Å². The van der Waals surface area contributed by atoms with Crippen molar-refractivity contribution >= 4 is 17.7 Å². The van der Waals surface area contributed by atoms with Crippen LogP contribution < -0.4 is 0 Å². The summed E-state index contributed by atoms with van der Waals surface area (Å²) < 4.78 is 1.73.